The molecule has 0 heterocycles. The SMILES string of the molecule is CC(C)CNC(=O)/C(C#N)=C/c1ccc(OCC(=O)N[C@H](C)c2ccccc2)cc1. The summed E-state index contributed by atoms with van der Waals surface area (Å²) in [5.41, 5.74) is 1.76. The molecule has 0 fully saturated rings. The maximum absolute atomic E-state index is 12.1. The van der Waals surface area contributed by atoms with Gasteiger partial charge in [0.2, 0.25) is 0 Å². The molecule has 2 aromatic carbocycles. The monoisotopic (exact) mass is 405 g/mol. The van der Waals surface area contributed by atoms with E-state index in [9.17, 15) is 14.9 Å². The van der Waals surface area contributed by atoms with Crippen molar-refractivity contribution in [3.05, 3.63) is 71.3 Å². The van der Waals surface area contributed by atoms with Crippen LogP contribution in [0.5, 0.6) is 5.75 Å². The summed E-state index contributed by atoms with van der Waals surface area (Å²) in [4.78, 5) is 24.2. The molecule has 0 aromatic heterocycles. The first-order valence-electron chi connectivity index (χ1n) is 9.86. The topological polar surface area (TPSA) is 91.2 Å². The molecule has 6 heteroatoms. The quantitative estimate of drug-likeness (QED) is 0.492. The molecule has 2 aromatic rings. The molecule has 6 nitrogen and oxygen atoms in total. The van der Waals surface area contributed by atoms with Gasteiger partial charge in [-0.3, -0.25) is 9.59 Å². The normalized spacial score (nSPS) is 12.0. The van der Waals surface area contributed by atoms with Crippen molar-refractivity contribution in [1.29, 1.82) is 5.26 Å². The third-order valence-electron chi connectivity index (χ3n) is 4.27. The first-order chi connectivity index (χ1) is 14.4. The van der Waals surface area contributed by atoms with Gasteiger partial charge >= 0.3 is 0 Å². The van der Waals surface area contributed by atoms with Gasteiger partial charge in [-0.15, -0.1) is 0 Å². The molecule has 30 heavy (non-hydrogen) atoms. The lowest BCUT2D eigenvalue weighted by Crippen LogP contribution is -2.31. The van der Waals surface area contributed by atoms with Crippen molar-refractivity contribution in [2.45, 2.75) is 26.8 Å². The van der Waals surface area contributed by atoms with Gasteiger partial charge in [-0.2, -0.15) is 5.26 Å². The Labute approximate surface area is 177 Å². The van der Waals surface area contributed by atoms with Crippen molar-refractivity contribution in [2.75, 3.05) is 13.2 Å². The molecule has 2 amide bonds. The van der Waals surface area contributed by atoms with Crippen LogP contribution < -0.4 is 15.4 Å². The van der Waals surface area contributed by atoms with E-state index in [1.807, 2.05) is 57.2 Å². The van der Waals surface area contributed by atoms with Gasteiger partial charge in [0.25, 0.3) is 11.8 Å². The van der Waals surface area contributed by atoms with Gasteiger partial charge in [0, 0.05) is 6.54 Å². The number of hydrogen-bond acceptors (Lipinski definition) is 4. The summed E-state index contributed by atoms with van der Waals surface area (Å²) in [5.74, 6) is 0.218. The Kier molecular flexibility index (Phi) is 8.64. The standard InChI is InChI=1S/C24H27N3O3/c1-17(2)15-26-24(29)21(14-25)13-19-9-11-22(12-10-19)30-16-23(28)27-18(3)20-7-5-4-6-8-20/h4-13,17-18H,15-16H2,1-3H3,(H,26,29)(H,27,28)/b21-13+/t18-/m1/s1. The third kappa shape index (κ3) is 7.44. The first-order valence-corrected chi connectivity index (χ1v) is 9.86. The van der Waals surface area contributed by atoms with Gasteiger partial charge in [-0.1, -0.05) is 56.3 Å². The zero-order valence-corrected chi connectivity index (χ0v) is 17.5. The van der Waals surface area contributed by atoms with E-state index < -0.39 is 5.91 Å². The van der Waals surface area contributed by atoms with Crippen LogP contribution in [-0.4, -0.2) is 25.0 Å². The van der Waals surface area contributed by atoms with Gasteiger partial charge < -0.3 is 15.4 Å². The molecule has 0 saturated heterocycles. The Morgan fingerprint density at radius 3 is 2.33 bits per heavy atom. The molecule has 2 N–H and O–H groups in total. The van der Waals surface area contributed by atoms with Crippen molar-refractivity contribution in [3.8, 4) is 11.8 Å². The largest absolute Gasteiger partial charge is 0.484 e. The smallest absolute Gasteiger partial charge is 0.261 e. The number of carbonyl (C=O) groups is 2. The van der Waals surface area contributed by atoms with Crippen LogP contribution in [0.4, 0.5) is 0 Å². The minimum atomic E-state index is -0.393. The zero-order chi connectivity index (χ0) is 21.9. The fraction of sp³-hybridized carbons (Fsp3) is 0.292. The second kappa shape index (κ2) is 11.4. The highest BCUT2D eigenvalue weighted by Crippen LogP contribution is 2.15. The van der Waals surface area contributed by atoms with Crippen LogP contribution in [0.2, 0.25) is 0 Å². The molecular weight excluding hydrogens is 378 g/mol. The number of carbonyl (C=O) groups excluding carboxylic acids is 2. The summed E-state index contributed by atoms with van der Waals surface area (Å²) in [5, 5.41) is 14.8. The van der Waals surface area contributed by atoms with Gasteiger partial charge in [0.1, 0.15) is 17.4 Å². The Morgan fingerprint density at radius 1 is 1.07 bits per heavy atom. The number of nitrogens with one attached hydrogen (secondary N) is 2. The molecule has 2 rings (SSSR count). The molecule has 1 atom stereocenters. The number of hydrogen-bond donors (Lipinski definition) is 2. The fourth-order valence-corrected chi connectivity index (χ4v) is 2.62. The first kappa shape index (κ1) is 22.7. The number of nitriles is 1. The molecule has 0 unspecified atom stereocenters. The number of benzene rings is 2. The van der Waals surface area contributed by atoms with Crippen LogP contribution in [0.25, 0.3) is 6.08 Å². The van der Waals surface area contributed by atoms with Crippen molar-refractivity contribution in [3.63, 3.8) is 0 Å². The third-order valence-corrected chi connectivity index (χ3v) is 4.27. The van der Waals surface area contributed by atoms with E-state index in [0.29, 0.717) is 23.8 Å². The maximum Gasteiger partial charge on any atom is 0.261 e. The molecule has 0 aliphatic heterocycles. The highest BCUT2D eigenvalue weighted by molar-refractivity contribution is 6.01. The van der Waals surface area contributed by atoms with Crippen LogP contribution in [0.15, 0.2) is 60.2 Å². The fourth-order valence-electron chi connectivity index (χ4n) is 2.62. The summed E-state index contributed by atoms with van der Waals surface area (Å²) in [7, 11) is 0. The van der Waals surface area contributed by atoms with Crippen LogP contribution in [-0.2, 0) is 9.59 Å². The predicted molar refractivity (Wildman–Crippen MR) is 116 cm³/mol. The average molecular weight is 405 g/mol. The molecule has 0 aliphatic carbocycles. The predicted octanol–water partition coefficient (Wildman–Crippen LogP) is 3.62. The average Bonchev–Trinajstić information content (AvgIpc) is 2.75. The van der Waals surface area contributed by atoms with E-state index in [4.69, 9.17) is 4.74 Å². The van der Waals surface area contributed by atoms with Gasteiger partial charge in [-0.05, 0) is 42.2 Å². The minimum Gasteiger partial charge on any atom is -0.484 e. The molecule has 0 bridgehead atoms. The zero-order valence-electron chi connectivity index (χ0n) is 17.5. The van der Waals surface area contributed by atoms with E-state index in [0.717, 1.165) is 5.56 Å². The molecule has 0 saturated carbocycles. The van der Waals surface area contributed by atoms with Crippen LogP contribution in [0.3, 0.4) is 0 Å². The maximum atomic E-state index is 12.1. The van der Waals surface area contributed by atoms with Crippen molar-refractivity contribution in [1.82, 2.24) is 10.6 Å². The van der Waals surface area contributed by atoms with E-state index >= 15 is 0 Å². The van der Waals surface area contributed by atoms with E-state index in [1.54, 1.807) is 24.3 Å². The highest BCUT2D eigenvalue weighted by Gasteiger charge is 2.11. The summed E-state index contributed by atoms with van der Waals surface area (Å²) in [6.07, 6.45) is 1.52. The van der Waals surface area contributed by atoms with E-state index in [2.05, 4.69) is 10.6 Å². The minimum absolute atomic E-state index is 0.0404. The Bertz CT molecular complexity index is 913. The Balaban J connectivity index is 1.88. The van der Waals surface area contributed by atoms with Gasteiger partial charge in [-0.25, -0.2) is 0 Å². The molecular formula is C24H27N3O3. The second-order valence-corrected chi connectivity index (χ2v) is 7.33. The van der Waals surface area contributed by atoms with E-state index in [1.165, 1.54) is 6.08 Å². The van der Waals surface area contributed by atoms with E-state index in [-0.39, 0.29) is 24.1 Å². The summed E-state index contributed by atoms with van der Waals surface area (Å²) in [6.45, 7) is 6.29. The number of nitrogens with zero attached hydrogens (tertiary/aromatic N) is 1. The van der Waals surface area contributed by atoms with Crippen LogP contribution in [0.1, 0.15) is 37.9 Å². The lowest BCUT2D eigenvalue weighted by atomic mass is 10.1. The lowest BCUT2D eigenvalue weighted by molar-refractivity contribution is -0.123. The van der Waals surface area contributed by atoms with Gasteiger partial charge in [0.15, 0.2) is 6.61 Å². The second-order valence-electron chi connectivity index (χ2n) is 7.33. The number of amides is 2. The number of ether oxygens (including phenoxy) is 1. The lowest BCUT2D eigenvalue weighted by Gasteiger charge is -2.14. The van der Waals surface area contributed by atoms with Crippen molar-refractivity contribution in [2.24, 2.45) is 5.92 Å². The molecule has 0 aliphatic rings. The van der Waals surface area contributed by atoms with Gasteiger partial charge in [0.05, 0.1) is 6.04 Å². The van der Waals surface area contributed by atoms with Crippen LogP contribution >= 0.6 is 0 Å². The Morgan fingerprint density at radius 2 is 1.73 bits per heavy atom. The molecule has 0 spiro atoms. The Hall–Kier alpha value is -3.59. The number of rotatable bonds is 9. The molecule has 156 valence electrons. The van der Waals surface area contributed by atoms with Crippen molar-refractivity contribution < 1.29 is 14.3 Å². The summed E-state index contributed by atoms with van der Waals surface area (Å²) in [6, 6.07) is 18.4. The molecule has 0 radical (unpaired) electrons. The van der Waals surface area contributed by atoms with Crippen molar-refractivity contribution >= 4 is 17.9 Å². The summed E-state index contributed by atoms with van der Waals surface area (Å²) < 4.78 is 5.53. The highest BCUT2D eigenvalue weighted by atomic mass is 16.5. The van der Waals surface area contributed by atoms with Crippen LogP contribution in [0, 0.1) is 17.2 Å². The summed E-state index contributed by atoms with van der Waals surface area (Å²) >= 11 is 0.